The normalized spacial score (nSPS) is 11.6. The molecule has 2 aromatic rings. The van der Waals surface area contributed by atoms with Crippen molar-refractivity contribution in [1.29, 1.82) is 0 Å². The van der Waals surface area contributed by atoms with Crippen LogP contribution in [0.25, 0.3) is 10.8 Å². The quantitative estimate of drug-likeness (QED) is 0.611. The summed E-state index contributed by atoms with van der Waals surface area (Å²) in [4.78, 5) is 29.1. The lowest BCUT2D eigenvalue weighted by molar-refractivity contribution is 0.112. The minimum Gasteiger partial charge on any atom is -0.321 e. The minimum absolute atomic E-state index is 0.0475. The van der Waals surface area contributed by atoms with Crippen molar-refractivity contribution in [2.24, 2.45) is 0 Å². The third-order valence-corrected chi connectivity index (χ3v) is 3.39. The maximum atomic E-state index is 11.3. The van der Waals surface area contributed by atoms with E-state index >= 15 is 0 Å². The molecule has 0 heterocycles. The Kier molecular flexibility index (Phi) is 2.64. The Hall–Kier alpha value is -1.48. The summed E-state index contributed by atoms with van der Waals surface area (Å²) >= 11 is 0. The number of carbonyl (C=O) groups excluding carboxylic acids is 1. The maximum Gasteiger partial charge on any atom is 0.356 e. The topological polar surface area (TPSA) is 74.6 Å². The molecule has 0 saturated carbocycles. The summed E-state index contributed by atoms with van der Waals surface area (Å²) in [5.41, 5.74) is 0.424. The van der Waals surface area contributed by atoms with E-state index in [9.17, 15) is 19.1 Å². The molecule has 0 aromatic heterocycles. The van der Waals surface area contributed by atoms with E-state index in [1.165, 1.54) is 12.1 Å². The highest BCUT2D eigenvalue weighted by molar-refractivity contribution is 7.60. The summed E-state index contributed by atoms with van der Waals surface area (Å²) in [6.45, 7) is 0. The first-order chi connectivity index (χ1) is 7.54. The molecule has 2 aromatic carbocycles. The first-order valence-corrected chi connectivity index (χ1v) is 6.18. The van der Waals surface area contributed by atoms with Gasteiger partial charge in [0.05, 0.1) is 5.30 Å². The summed E-state index contributed by atoms with van der Waals surface area (Å²) in [6.07, 6.45) is 0.672. The van der Waals surface area contributed by atoms with E-state index in [2.05, 4.69) is 0 Å². The fraction of sp³-hybridized carbons (Fsp3) is 0. The molecule has 16 heavy (non-hydrogen) atoms. The standard InChI is InChI=1S/C11H9O4P/c12-7-8-3-1-5-10-9(8)4-2-6-11(10)16(13,14)15/h1-7H,(H2,13,14,15). The van der Waals surface area contributed by atoms with Gasteiger partial charge in [-0.05, 0) is 16.8 Å². The average Bonchev–Trinajstić information content (AvgIpc) is 2.26. The number of hydrogen-bond acceptors (Lipinski definition) is 2. The second-order valence-electron chi connectivity index (χ2n) is 3.38. The zero-order valence-electron chi connectivity index (χ0n) is 8.20. The molecule has 4 nitrogen and oxygen atoms in total. The molecule has 82 valence electrons. The molecule has 2 rings (SSSR count). The molecule has 2 N–H and O–H groups in total. The second-order valence-corrected chi connectivity index (χ2v) is 4.95. The Bertz CT molecular complexity index is 600. The van der Waals surface area contributed by atoms with Crippen LogP contribution in [0, 0.1) is 0 Å². The predicted molar refractivity (Wildman–Crippen MR) is 61.0 cm³/mol. The molecule has 0 unspecified atom stereocenters. The zero-order chi connectivity index (χ0) is 11.8. The van der Waals surface area contributed by atoms with Crippen LogP contribution in [0.2, 0.25) is 0 Å². The monoisotopic (exact) mass is 236 g/mol. The molecule has 0 spiro atoms. The van der Waals surface area contributed by atoms with E-state index in [1.54, 1.807) is 24.3 Å². The average molecular weight is 236 g/mol. The number of fused-ring (bicyclic) bond motifs is 1. The van der Waals surface area contributed by atoms with E-state index in [0.29, 0.717) is 22.6 Å². The fourth-order valence-electron chi connectivity index (χ4n) is 1.67. The van der Waals surface area contributed by atoms with E-state index in [4.69, 9.17) is 0 Å². The van der Waals surface area contributed by atoms with Gasteiger partial charge in [-0.1, -0.05) is 30.3 Å². The molecule has 0 bridgehead atoms. The Labute approximate surface area is 91.7 Å². The molecule has 0 saturated heterocycles. The van der Waals surface area contributed by atoms with Gasteiger partial charge in [0, 0.05) is 5.56 Å². The highest BCUT2D eigenvalue weighted by atomic mass is 31.2. The Morgan fingerprint density at radius 3 is 2.25 bits per heavy atom. The fourth-order valence-corrected chi connectivity index (χ4v) is 2.46. The van der Waals surface area contributed by atoms with Crippen LogP contribution >= 0.6 is 7.60 Å². The molecule has 0 radical (unpaired) electrons. The van der Waals surface area contributed by atoms with Crippen LogP contribution in [0.3, 0.4) is 0 Å². The van der Waals surface area contributed by atoms with Gasteiger partial charge in [0.25, 0.3) is 0 Å². The van der Waals surface area contributed by atoms with Crippen LogP contribution in [0.5, 0.6) is 0 Å². The van der Waals surface area contributed by atoms with Crippen LogP contribution in [0.15, 0.2) is 36.4 Å². The lowest BCUT2D eigenvalue weighted by Crippen LogP contribution is -2.05. The van der Waals surface area contributed by atoms with Gasteiger partial charge in [-0.25, -0.2) is 0 Å². The number of hydrogen-bond donors (Lipinski definition) is 2. The first-order valence-electron chi connectivity index (χ1n) is 4.57. The molecular weight excluding hydrogens is 227 g/mol. The van der Waals surface area contributed by atoms with Gasteiger partial charge in [-0.15, -0.1) is 0 Å². The molecular formula is C11H9O4P. The van der Waals surface area contributed by atoms with Gasteiger partial charge in [-0.2, -0.15) is 0 Å². The Morgan fingerprint density at radius 1 is 1.00 bits per heavy atom. The summed E-state index contributed by atoms with van der Waals surface area (Å²) in [6, 6.07) is 9.38. The molecule has 0 amide bonds. The number of rotatable bonds is 2. The van der Waals surface area contributed by atoms with Crippen molar-refractivity contribution < 1.29 is 19.1 Å². The minimum atomic E-state index is -4.31. The van der Waals surface area contributed by atoms with Crippen molar-refractivity contribution in [3.8, 4) is 0 Å². The van der Waals surface area contributed by atoms with Crippen molar-refractivity contribution >= 4 is 30.0 Å². The van der Waals surface area contributed by atoms with Gasteiger partial charge >= 0.3 is 7.60 Å². The largest absolute Gasteiger partial charge is 0.356 e. The molecule has 0 aliphatic rings. The van der Waals surface area contributed by atoms with E-state index < -0.39 is 7.60 Å². The zero-order valence-corrected chi connectivity index (χ0v) is 9.09. The van der Waals surface area contributed by atoms with Crippen LogP contribution in [0.1, 0.15) is 10.4 Å². The smallest absolute Gasteiger partial charge is 0.321 e. The lowest BCUT2D eigenvalue weighted by atomic mass is 10.1. The number of aldehydes is 1. The van der Waals surface area contributed by atoms with Crippen molar-refractivity contribution in [3.05, 3.63) is 42.0 Å². The summed E-state index contributed by atoms with van der Waals surface area (Å²) in [5.74, 6) is 0. The highest BCUT2D eigenvalue weighted by Gasteiger charge is 2.20. The molecule has 5 heteroatoms. The third-order valence-electron chi connectivity index (χ3n) is 2.37. The number of benzene rings is 2. The van der Waals surface area contributed by atoms with E-state index in [1.807, 2.05) is 0 Å². The summed E-state index contributed by atoms with van der Waals surface area (Å²) in [5, 5.41) is 0.924. The van der Waals surface area contributed by atoms with Gasteiger partial charge < -0.3 is 9.79 Å². The SMILES string of the molecule is O=Cc1cccc2c(P(=O)(O)O)cccc12. The second kappa shape index (κ2) is 3.83. The molecule has 0 atom stereocenters. The predicted octanol–water partition coefficient (Wildman–Crippen LogP) is 1.46. The molecule has 0 aliphatic carbocycles. The molecule has 0 aliphatic heterocycles. The lowest BCUT2D eigenvalue weighted by Gasteiger charge is -2.08. The van der Waals surface area contributed by atoms with Crippen LogP contribution in [-0.2, 0) is 4.57 Å². The highest BCUT2D eigenvalue weighted by Crippen LogP contribution is 2.36. The van der Waals surface area contributed by atoms with E-state index in [0.717, 1.165) is 0 Å². The van der Waals surface area contributed by atoms with Crippen LogP contribution in [0.4, 0.5) is 0 Å². The van der Waals surface area contributed by atoms with Crippen LogP contribution < -0.4 is 5.30 Å². The van der Waals surface area contributed by atoms with Crippen molar-refractivity contribution in [2.75, 3.05) is 0 Å². The summed E-state index contributed by atoms with van der Waals surface area (Å²) in [7, 11) is -4.31. The van der Waals surface area contributed by atoms with Gasteiger partial charge in [0.1, 0.15) is 0 Å². The van der Waals surface area contributed by atoms with Gasteiger partial charge in [-0.3, -0.25) is 9.36 Å². The number of carbonyl (C=O) groups is 1. The third kappa shape index (κ3) is 1.78. The van der Waals surface area contributed by atoms with Crippen molar-refractivity contribution in [2.45, 2.75) is 0 Å². The van der Waals surface area contributed by atoms with Gasteiger partial charge in [0.2, 0.25) is 0 Å². The first kappa shape index (κ1) is 11.0. The molecule has 0 fully saturated rings. The maximum absolute atomic E-state index is 11.3. The summed E-state index contributed by atoms with van der Waals surface area (Å²) < 4.78 is 11.3. The van der Waals surface area contributed by atoms with Crippen molar-refractivity contribution in [3.63, 3.8) is 0 Å². The van der Waals surface area contributed by atoms with Gasteiger partial charge in [0.15, 0.2) is 6.29 Å². The van der Waals surface area contributed by atoms with E-state index in [-0.39, 0.29) is 5.30 Å². The Morgan fingerprint density at radius 2 is 1.62 bits per heavy atom. The Balaban J connectivity index is 2.90. The van der Waals surface area contributed by atoms with Crippen LogP contribution in [-0.4, -0.2) is 16.1 Å². The van der Waals surface area contributed by atoms with Crippen molar-refractivity contribution in [1.82, 2.24) is 0 Å².